The Labute approximate surface area is 135 Å². The van der Waals surface area contributed by atoms with Gasteiger partial charge in [-0.1, -0.05) is 24.5 Å². The molecule has 1 atom stereocenters. The standard InChI is InChI=1S/C20H25NS/c1-4-21-19-10-9-14(2)11-17(19)18-12-15(3)13-22(20(18)21)16-7-5-6-8-16/h9-13,16H,4-8H2,1-3H3. The van der Waals surface area contributed by atoms with Gasteiger partial charge in [0.25, 0.3) is 0 Å². The monoisotopic (exact) mass is 311 g/mol. The van der Waals surface area contributed by atoms with E-state index in [1.165, 1.54) is 52.9 Å². The summed E-state index contributed by atoms with van der Waals surface area (Å²) < 4.78 is 4.20. The van der Waals surface area contributed by atoms with E-state index in [9.17, 15) is 0 Å². The maximum absolute atomic E-state index is 2.59. The quantitative estimate of drug-likeness (QED) is 0.678. The number of hydrogen-bond donors (Lipinski definition) is 0. The van der Waals surface area contributed by atoms with Gasteiger partial charge in [-0.05, 0) is 62.8 Å². The maximum Gasteiger partial charge on any atom is 0.0780 e. The van der Waals surface area contributed by atoms with Crippen LogP contribution in [0.5, 0.6) is 0 Å². The van der Waals surface area contributed by atoms with Gasteiger partial charge in [0, 0.05) is 27.9 Å². The minimum absolute atomic E-state index is 0.294. The van der Waals surface area contributed by atoms with Gasteiger partial charge in [-0.2, -0.15) is 0 Å². The third-order valence-corrected chi connectivity index (χ3v) is 7.80. The van der Waals surface area contributed by atoms with Crippen LogP contribution in [0.25, 0.3) is 17.0 Å². The summed E-state index contributed by atoms with van der Waals surface area (Å²) in [4.78, 5) is 0. The van der Waals surface area contributed by atoms with Crippen molar-refractivity contribution < 1.29 is 0 Å². The van der Waals surface area contributed by atoms with E-state index in [-0.39, 0.29) is 0 Å². The van der Waals surface area contributed by atoms with E-state index in [1.807, 2.05) is 0 Å². The Bertz CT molecular complexity index is 892. The van der Waals surface area contributed by atoms with Crippen LogP contribution in [0, 0.1) is 11.6 Å². The van der Waals surface area contributed by atoms with Crippen LogP contribution in [0.1, 0.15) is 45.1 Å². The van der Waals surface area contributed by atoms with E-state index in [1.54, 1.807) is 4.64 Å². The molecule has 1 aliphatic carbocycles. The first-order chi connectivity index (χ1) is 10.7. The van der Waals surface area contributed by atoms with E-state index in [0.29, 0.717) is 10.5 Å². The van der Waals surface area contributed by atoms with Crippen LogP contribution in [-0.4, -0.2) is 9.82 Å². The summed E-state index contributed by atoms with van der Waals surface area (Å²) in [6.07, 6.45) is 8.09. The van der Waals surface area contributed by atoms with Crippen molar-refractivity contribution in [2.75, 3.05) is 0 Å². The molecule has 0 N–H and O–H groups in total. The number of hydrogen-bond acceptors (Lipinski definition) is 0. The predicted molar refractivity (Wildman–Crippen MR) is 98.9 cm³/mol. The van der Waals surface area contributed by atoms with Crippen molar-refractivity contribution in [2.24, 2.45) is 0 Å². The molecule has 116 valence electrons. The number of allylic oxidation sites excluding steroid dienone is 1. The van der Waals surface area contributed by atoms with E-state index < -0.39 is 0 Å². The van der Waals surface area contributed by atoms with Crippen LogP contribution < -0.4 is 5.22 Å². The van der Waals surface area contributed by atoms with Crippen LogP contribution in [0.4, 0.5) is 0 Å². The fraction of sp³-hybridized carbons (Fsp3) is 0.450. The third-order valence-electron chi connectivity index (χ3n) is 5.09. The number of fused-ring (bicyclic) bond motifs is 3. The molecule has 0 amide bonds. The van der Waals surface area contributed by atoms with Gasteiger partial charge in [0.2, 0.25) is 0 Å². The summed E-state index contributed by atoms with van der Waals surface area (Å²) in [7, 11) is 0.294. The molecular formula is C20H25NS. The number of benzene rings is 1. The fourth-order valence-corrected chi connectivity index (χ4v) is 6.93. The van der Waals surface area contributed by atoms with Crippen molar-refractivity contribution in [1.29, 1.82) is 0 Å². The number of nitrogens with zero attached hydrogens (tertiary/aromatic N) is 1. The summed E-state index contributed by atoms with van der Waals surface area (Å²) in [6.45, 7) is 7.85. The van der Waals surface area contributed by atoms with Crippen molar-refractivity contribution in [3.8, 4) is 0 Å². The molecule has 2 heteroatoms. The van der Waals surface area contributed by atoms with Gasteiger partial charge in [0.1, 0.15) is 0 Å². The number of rotatable bonds is 2. The molecular weight excluding hydrogens is 286 g/mol. The van der Waals surface area contributed by atoms with Gasteiger partial charge in [0.05, 0.1) is 4.64 Å². The first-order valence-corrected chi connectivity index (χ1v) is 9.92. The maximum atomic E-state index is 2.59. The molecule has 1 aliphatic heterocycles. The Morgan fingerprint density at radius 2 is 1.95 bits per heavy atom. The molecule has 1 fully saturated rings. The predicted octanol–water partition coefficient (Wildman–Crippen LogP) is 5.13. The molecule has 2 aliphatic rings. The second-order valence-corrected chi connectivity index (χ2v) is 8.80. The largest absolute Gasteiger partial charge is 0.336 e. The average Bonchev–Trinajstić information content (AvgIpc) is 3.12. The van der Waals surface area contributed by atoms with Crippen molar-refractivity contribution in [2.45, 2.75) is 58.2 Å². The Morgan fingerprint density at radius 3 is 2.68 bits per heavy atom. The van der Waals surface area contributed by atoms with E-state index in [0.717, 1.165) is 11.8 Å². The lowest BCUT2D eigenvalue weighted by atomic mass is 10.1. The first-order valence-electron chi connectivity index (χ1n) is 8.57. The molecule has 2 aromatic rings. The van der Waals surface area contributed by atoms with Crippen molar-refractivity contribution in [1.82, 2.24) is 4.57 Å². The van der Waals surface area contributed by atoms with Gasteiger partial charge in [-0.25, -0.2) is 0 Å². The van der Waals surface area contributed by atoms with Crippen LogP contribution in [0.15, 0.2) is 29.2 Å². The molecule has 4 rings (SSSR count). The second kappa shape index (κ2) is 5.42. The Balaban J connectivity index is 2.17. The highest BCUT2D eigenvalue weighted by Gasteiger charge is 2.22. The summed E-state index contributed by atoms with van der Waals surface area (Å²) in [5.41, 5.74) is 4.25. The molecule has 0 saturated heterocycles. The average molecular weight is 311 g/mol. The Morgan fingerprint density at radius 1 is 1.18 bits per heavy atom. The molecule has 1 saturated carbocycles. The van der Waals surface area contributed by atoms with E-state index in [2.05, 4.69) is 55.0 Å². The number of aromatic nitrogens is 1. The zero-order valence-electron chi connectivity index (χ0n) is 13.9. The third kappa shape index (κ3) is 2.11. The lowest BCUT2D eigenvalue weighted by molar-refractivity contribution is 0.782. The molecule has 1 nitrogen and oxygen atoms in total. The Kier molecular flexibility index (Phi) is 3.53. The molecule has 1 unspecified atom stereocenters. The van der Waals surface area contributed by atoms with Crippen LogP contribution in [0.2, 0.25) is 0 Å². The molecule has 1 aromatic carbocycles. The van der Waals surface area contributed by atoms with Crippen molar-refractivity contribution in [3.63, 3.8) is 0 Å². The zero-order valence-corrected chi connectivity index (χ0v) is 14.7. The molecule has 22 heavy (non-hydrogen) atoms. The van der Waals surface area contributed by atoms with Crippen molar-refractivity contribution >= 4 is 27.5 Å². The zero-order chi connectivity index (χ0) is 15.3. The van der Waals surface area contributed by atoms with E-state index >= 15 is 0 Å². The SMILES string of the molecule is CCn1c2c(c3cc(C)ccc31)=CC(C)=CS=2C1CCCC1. The summed E-state index contributed by atoms with van der Waals surface area (Å²) in [6, 6.07) is 6.96. The van der Waals surface area contributed by atoms with Crippen LogP contribution >= 0.6 is 10.5 Å². The van der Waals surface area contributed by atoms with Crippen LogP contribution in [-0.2, 0) is 6.54 Å². The summed E-state index contributed by atoms with van der Waals surface area (Å²) in [5.74, 6) is 0. The lowest BCUT2D eigenvalue weighted by Gasteiger charge is -2.17. The highest BCUT2D eigenvalue weighted by atomic mass is 32.2. The highest BCUT2D eigenvalue weighted by molar-refractivity contribution is 8.12. The minimum atomic E-state index is 0.294. The molecule has 0 bridgehead atoms. The molecule has 1 aromatic heterocycles. The van der Waals surface area contributed by atoms with Gasteiger partial charge >= 0.3 is 0 Å². The lowest BCUT2D eigenvalue weighted by Crippen LogP contribution is -2.10. The first kappa shape index (κ1) is 14.3. The summed E-state index contributed by atoms with van der Waals surface area (Å²) >= 11 is 0. The molecule has 2 heterocycles. The normalized spacial score (nSPS) is 21.8. The fourth-order valence-electron chi connectivity index (χ4n) is 4.09. The smallest absolute Gasteiger partial charge is 0.0780 e. The topological polar surface area (TPSA) is 4.93 Å². The minimum Gasteiger partial charge on any atom is -0.336 e. The molecule has 0 radical (unpaired) electrons. The highest BCUT2D eigenvalue weighted by Crippen LogP contribution is 2.40. The number of aryl methyl sites for hydroxylation is 2. The van der Waals surface area contributed by atoms with Gasteiger partial charge in [0.15, 0.2) is 0 Å². The van der Waals surface area contributed by atoms with E-state index in [4.69, 9.17) is 0 Å². The van der Waals surface area contributed by atoms with Gasteiger partial charge in [-0.15, -0.1) is 10.5 Å². The molecule has 0 spiro atoms. The summed E-state index contributed by atoms with van der Waals surface area (Å²) in [5, 5.41) is 6.41. The second-order valence-electron chi connectivity index (χ2n) is 6.77. The van der Waals surface area contributed by atoms with Gasteiger partial charge < -0.3 is 4.57 Å². The van der Waals surface area contributed by atoms with Crippen molar-refractivity contribution in [3.05, 3.63) is 44.6 Å². The Hall–Kier alpha value is -1.28. The van der Waals surface area contributed by atoms with Crippen LogP contribution in [0.3, 0.4) is 0 Å². The van der Waals surface area contributed by atoms with Gasteiger partial charge in [-0.3, -0.25) is 0 Å².